The van der Waals surface area contributed by atoms with Crippen molar-refractivity contribution in [3.8, 4) is 0 Å². The first-order valence-corrected chi connectivity index (χ1v) is 6.68. The molecule has 0 aliphatic carbocycles. The van der Waals surface area contributed by atoms with Gasteiger partial charge in [-0.25, -0.2) is 4.79 Å². The summed E-state index contributed by atoms with van der Waals surface area (Å²) in [4.78, 5) is 12.1. The Morgan fingerprint density at radius 2 is 2.11 bits per heavy atom. The average Bonchev–Trinajstić information content (AvgIpc) is 2.36. The number of esters is 1. The van der Waals surface area contributed by atoms with Crippen molar-refractivity contribution >= 4 is 23.3 Å². The highest BCUT2D eigenvalue weighted by molar-refractivity contribution is 6.30. The van der Waals surface area contributed by atoms with Crippen molar-refractivity contribution < 1.29 is 14.3 Å². The van der Waals surface area contributed by atoms with Crippen molar-refractivity contribution in [1.82, 2.24) is 0 Å². The number of anilines is 1. The van der Waals surface area contributed by atoms with Crippen LogP contribution in [-0.4, -0.2) is 31.3 Å². The smallest absolute Gasteiger partial charge is 0.333 e. The first kappa shape index (κ1) is 15.8. The summed E-state index contributed by atoms with van der Waals surface area (Å²) < 4.78 is 10.5. The van der Waals surface area contributed by atoms with Crippen LogP contribution >= 0.6 is 11.6 Å². The van der Waals surface area contributed by atoms with Crippen molar-refractivity contribution in [3.63, 3.8) is 0 Å². The lowest BCUT2D eigenvalue weighted by molar-refractivity contribution is -0.150. The zero-order chi connectivity index (χ0) is 14.3. The van der Waals surface area contributed by atoms with Gasteiger partial charge in [0.1, 0.15) is 0 Å². The van der Waals surface area contributed by atoms with Crippen LogP contribution in [0.4, 0.5) is 5.69 Å². The van der Waals surface area contributed by atoms with Crippen LogP contribution in [0.2, 0.25) is 5.02 Å². The van der Waals surface area contributed by atoms with Crippen LogP contribution in [0.3, 0.4) is 0 Å². The lowest BCUT2D eigenvalue weighted by atomic mass is 10.0. The maximum absolute atomic E-state index is 12.1. The minimum atomic E-state index is -0.934. The average molecular weight is 286 g/mol. The second-order valence-electron chi connectivity index (χ2n) is 4.33. The second kappa shape index (κ2) is 7.36. The molecule has 0 saturated carbocycles. The number of ether oxygens (including phenoxy) is 2. The molecule has 106 valence electrons. The normalized spacial score (nSPS) is 13.7. The SMILES string of the molecule is CCOCC(C)(Nc1cccc(Cl)c1)C(=O)OCC. The van der Waals surface area contributed by atoms with E-state index in [9.17, 15) is 4.79 Å². The fourth-order valence-corrected chi connectivity index (χ4v) is 1.82. The van der Waals surface area contributed by atoms with E-state index in [0.29, 0.717) is 18.2 Å². The van der Waals surface area contributed by atoms with Gasteiger partial charge >= 0.3 is 5.97 Å². The van der Waals surface area contributed by atoms with Crippen molar-refractivity contribution in [1.29, 1.82) is 0 Å². The molecule has 1 atom stereocenters. The van der Waals surface area contributed by atoms with E-state index in [1.54, 1.807) is 26.0 Å². The lowest BCUT2D eigenvalue weighted by Crippen LogP contribution is -2.48. The predicted molar refractivity (Wildman–Crippen MR) is 76.6 cm³/mol. The van der Waals surface area contributed by atoms with Crippen LogP contribution in [0.15, 0.2) is 24.3 Å². The summed E-state index contributed by atoms with van der Waals surface area (Å²) in [6.45, 7) is 6.50. The third-order valence-electron chi connectivity index (χ3n) is 2.57. The van der Waals surface area contributed by atoms with Crippen molar-refractivity contribution in [2.45, 2.75) is 26.3 Å². The summed E-state index contributed by atoms with van der Waals surface area (Å²) in [7, 11) is 0. The van der Waals surface area contributed by atoms with E-state index in [0.717, 1.165) is 5.69 Å². The molecule has 4 nitrogen and oxygen atoms in total. The van der Waals surface area contributed by atoms with E-state index in [2.05, 4.69) is 5.32 Å². The number of carbonyl (C=O) groups is 1. The first-order chi connectivity index (χ1) is 9.01. The van der Waals surface area contributed by atoms with Crippen LogP contribution < -0.4 is 5.32 Å². The minimum absolute atomic E-state index is 0.231. The van der Waals surface area contributed by atoms with Gasteiger partial charge in [-0.2, -0.15) is 0 Å². The Balaban J connectivity index is 2.87. The molecular formula is C14H20ClNO3. The van der Waals surface area contributed by atoms with Crippen molar-refractivity contribution in [2.24, 2.45) is 0 Å². The number of carbonyl (C=O) groups excluding carboxylic acids is 1. The van der Waals surface area contributed by atoms with Gasteiger partial charge in [-0.15, -0.1) is 0 Å². The Morgan fingerprint density at radius 1 is 1.37 bits per heavy atom. The summed E-state index contributed by atoms with van der Waals surface area (Å²) in [5, 5.41) is 3.74. The Kier molecular flexibility index (Phi) is 6.12. The minimum Gasteiger partial charge on any atom is -0.464 e. The molecule has 0 bridgehead atoms. The molecule has 19 heavy (non-hydrogen) atoms. The number of nitrogens with one attached hydrogen (secondary N) is 1. The topological polar surface area (TPSA) is 47.6 Å². The molecule has 5 heteroatoms. The summed E-state index contributed by atoms with van der Waals surface area (Å²) in [6, 6.07) is 7.19. The summed E-state index contributed by atoms with van der Waals surface area (Å²) >= 11 is 5.93. The maximum atomic E-state index is 12.1. The zero-order valence-corrected chi connectivity index (χ0v) is 12.3. The van der Waals surface area contributed by atoms with Gasteiger partial charge in [0.2, 0.25) is 0 Å². The van der Waals surface area contributed by atoms with Gasteiger partial charge < -0.3 is 14.8 Å². The summed E-state index contributed by atoms with van der Waals surface area (Å²) in [5.74, 6) is -0.344. The molecule has 1 aromatic carbocycles. The van der Waals surface area contributed by atoms with E-state index >= 15 is 0 Å². The number of hydrogen-bond acceptors (Lipinski definition) is 4. The maximum Gasteiger partial charge on any atom is 0.333 e. The molecule has 0 heterocycles. The molecule has 0 aliphatic heterocycles. The Hall–Kier alpha value is -1.26. The van der Waals surface area contributed by atoms with Crippen molar-refractivity contribution in [2.75, 3.05) is 25.1 Å². The molecule has 0 radical (unpaired) electrons. The molecule has 0 aliphatic rings. The molecule has 0 saturated heterocycles. The highest BCUT2D eigenvalue weighted by Crippen LogP contribution is 2.21. The number of rotatable bonds is 7. The van der Waals surface area contributed by atoms with Crippen LogP contribution in [0.1, 0.15) is 20.8 Å². The third kappa shape index (κ3) is 4.73. The zero-order valence-electron chi connectivity index (χ0n) is 11.5. The molecule has 1 unspecified atom stereocenters. The molecular weight excluding hydrogens is 266 g/mol. The second-order valence-corrected chi connectivity index (χ2v) is 4.76. The highest BCUT2D eigenvalue weighted by Gasteiger charge is 2.35. The van der Waals surface area contributed by atoms with E-state index in [-0.39, 0.29) is 12.6 Å². The largest absolute Gasteiger partial charge is 0.464 e. The number of hydrogen-bond donors (Lipinski definition) is 1. The molecule has 0 fully saturated rings. The first-order valence-electron chi connectivity index (χ1n) is 6.30. The standard InChI is InChI=1S/C14H20ClNO3/c1-4-18-10-14(3,13(17)19-5-2)16-12-8-6-7-11(15)9-12/h6-9,16H,4-5,10H2,1-3H3. The van der Waals surface area contributed by atoms with Gasteiger partial charge in [0.25, 0.3) is 0 Å². The van der Waals surface area contributed by atoms with Crippen LogP contribution in [0, 0.1) is 0 Å². The van der Waals surface area contributed by atoms with Gasteiger partial charge in [-0.05, 0) is 39.0 Å². The van der Waals surface area contributed by atoms with Gasteiger partial charge in [-0.3, -0.25) is 0 Å². The number of halogens is 1. The highest BCUT2D eigenvalue weighted by atomic mass is 35.5. The Bertz CT molecular complexity index is 425. The van der Waals surface area contributed by atoms with Gasteiger partial charge in [0.15, 0.2) is 5.54 Å². The lowest BCUT2D eigenvalue weighted by Gasteiger charge is -2.29. The third-order valence-corrected chi connectivity index (χ3v) is 2.80. The predicted octanol–water partition coefficient (Wildman–Crippen LogP) is 3.11. The summed E-state index contributed by atoms with van der Waals surface area (Å²) in [5.41, 5.74) is -0.181. The van der Waals surface area contributed by atoms with E-state index in [4.69, 9.17) is 21.1 Å². The Morgan fingerprint density at radius 3 is 2.68 bits per heavy atom. The fourth-order valence-electron chi connectivity index (χ4n) is 1.63. The molecule has 0 amide bonds. The van der Waals surface area contributed by atoms with Crippen LogP contribution in [0.25, 0.3) is 0 Å². The molecule has 1 rings (SSSR count). The quantitative estimate of drug-likeness (QED) is 0.782. The fraction of sp³-hybridized carbons (Fsp3) is 0.500. The summed E-state index contributed by atoms with van der Waals surface area (Å²) in [6.07, 6.45) is 0. The molecule has 0 spiro atoms. The molecule has 1 N–H and O–H groups in total. The van der Waals surface area contributed by atoms with E-state index in [1.165, 1.54) is 0 Å². The monoisotopic (exact) mass is 285 g/mol. The molecule has 0 aromatic heterocycles. The van der Waals surface area contributed by atoms with Gasteiger partial charge in [0, 0.05) is 17.3 Å². The van der Waals surface area contributed by atoms with Gasteiger partial charge in [0.05, 0.1) is 13.2 Å². The number of benzene rings is 1. The van der Waals surface area contributed by atoms with E-state index in [1.807, 2.05) is 19.1 Å². The van der Waals surface area contributed by atoms with Gasteiger partial charge in [-0.1, -0.05) is 17.7 Å². The van der Waals surface area contributed by atoms with Crippen molar-refractivity contribution in [3.05, 3.63) is 29.3 Å². The Labute approximate surface area is 119 Å². The molecule has 1 aromatic rings. The van der Waals surface area contributed by atoms with Crippen LogP contribution in [-0.2, 0) is 14.3 Å². The van der Waals surface area contributed by atoms with E-state index < -0.39 is 5.54 Å². The van der Waals surface area contributed by atoms with Crippen LogP contribution in [0.5, 0.6) is 0 Å².